The van der Waals surface area contributed by atoms with Gasteiger partial charge in [0.1, 0.15) is 5.75 Å². The maximum Gasteiger partial charge on any atom is 0.270 e. The molecule has 7 heteroatoms. The fraction of sp³-hybridized carbons (Fsp3) is 0.316. The Hall–Kier alpha value is -3.09. The molecule has 0 aliphatic heterocycles. The summed E-state index contributed by atoms with van der Waals surface area (Å²) in [4.78, 5) is 23.1. The van der Waals surface area contributed by atoms with Gasteiger partial charge in [0.05, 0.1) is 16.6 Å². The van der Waals surface area contributed by atoms with Crippen molar-refractivity contribution in [3.63, 3.8) is 0 Å². The van der Waals surface area contributed by atoms with Crippen LogP contribution in [0.2, 0.25) is 0 Å². The molecule has 136 valence electrons. The highest BCUT2D eigenvalue weighted by molar-refractivity contribution is 6.08. The minimum atomic E-state index is -0.522. The number of amides is 1. The van der Waals surface area contributed by atoms with Crippen molar-refractivity contribution in [2.45, 2.75) is 31.8 Å². The van der Waals surface area contributed by atoms with Crippen LogP contribution in [-0.4, -0.2) is 24.0 Å². The quantitative estimate of drug-likeness (QED) is 0.598. The fourth-order valence-electron chi connectivity index (χ4n) is 3.10. The van der Waals surface area contributed by atoms with E-state index in [1.165, 1.54) is 31.0 Å². The third-order valence-electron chi connectivity index (χ3n) is 4.42. The Kier molecular flexibility index (Phi) is 5.36. The summed E-state index contributed by atoms with van der Waals surface area (Å²) >= 11 is 0. The molecule has 0 heterocycles. The van der Waals surface area contributed by atoms with E-state index in [0.29, 0.717) is 17.1 Å². The number of nitro groups is 1. The van der Waals surface area contributed by atoms with Crippen LogP contribution in [0.5, 0.6) is 5.75 Å². The summed E-state index contributed by atoms with van der Waals surface area (Å²) in [5.74, 6) is 0.290. The molecule has 1 fully saturated rings. The van der Waals surface area contributed by atoms with Gasteiger partial charge in [0.15, 0.2) is 0 Å². The Morgan fingerprint density at radius 3 is 2.65 bits per heavy atom. The summed E-state index contributed by atoms with van der Waals surface area (Å²) in [6, 6.07) is 11.3. The van der Waals surface area contributed by atoms with Gasteiger partial charge < -0.3 is 15.4 Å². The van der Waals surface area contributed by atoms with E-state index < -0.39 is 10.8 Å². The van der Waals surface area contributed by atoms with E-state index in [0.717, 1.165) is 12.8 Å². The van der Waals surface area contributed by atoms with E-state index in [9.17, 15) is 14.9 Å². The molecule has 2 N–H and O–H groups in total. The SMILES string of the molecule is CNc1ccc([N+](=O)[O-])cc1C(=O)Nc1cccc(OC2CCCC2)c1. The molecule has 2 aromatic carbocycles. The average molecular weight is 355 g/mol. The van der Waals surface area contributed by atoms with Crippen molar-refractivity contribution in [3.05, 3.63) is 58.1 Å². The molecule has 1 saturated carbocycles. The van der Waals surface area contributed by atoms with Crippen LogP contribution in [0, 0.1) is 10.1 Å². The van der Waals surface area contributed by atoms with Crippen LogP contribution in [0.3, 0.4) is 0 Å². The molecule has 0 spiro atoms. The van der Waals surface area contributed by atoms with Gasteiger partial charge in [-0.15, -0.1) is 0 Å². The monoisotopic (exact) mass is 355 g/mol. The lowest BCUT2D eigenvalue weighted by Crippen LogP contribution is -2.15. The number of hydrogen-bond donors (Lipinski definition) is 2. The molecule has 0 atom stereocenters. The van der Waals surface area contributed by atoms with Crippen LogP contribution in [-0.2, 0) is 0 Å². The van der Waals surface area contributed by atoms with Crippen molar-refractivity contribution >= 4 is 23.0 Å². The second kappa shape index (κ2) is 7.86. The summed E-state index contributed by atoms with van der Waals surface area (Å²) in [6.07, 6.45) is 4.70. The molecular weight excluding hydrogens is 334 g/mol. The van der Waals surface area contributed by atoms with Crippen molar-refractivity contribution in [3.8, 4) is 5.75 Å². The van der Waals surface area contributed by atoms with Crippen LogP contribution in [0.4, 0.5) is 17.1 Å². The molecule has 0 bridgehead atoms. The Bertz CT molecular complexity index is 816. The minimum Gasteiger partial charge on any atom is -0.490 e. The number of hydrogen-bond acceptors (Lipinski definition) is 5. The van der Waals surface area contributed by atoms with Gasteiger partial charge in [-0.3, -0.25) is 14.9 Å². The third-order valence-corrected chi connectivity index (χ3v) is 4.42. The lowest BCUT2D eigenvalue weighted by molar-refractivity contribution is -0.384. The Labute approximate surface area is 151 Å². The molecule has 1 aliphatic carbocycles. The van der Waals surface area contributed by atoms with Gasteiger partial charge in [-0.25, -0.2) is 0 Å². The molecule has 0 aromatic heterocycles. The molecular formula is C19H21N3O4. The minimum absolute atomic E-state index is 0.132. The number of ether oxygens (including phenoxy) is 1. The molecule has 2 aromatic rings. The molecule has 1 amide bonds. The average Bonchev–Trinajstić information content (AvgIpc) is 3.14. The van der Waals surface area contributed by atoms with Gasteiger partial charge in [0.2, 0.25) is 0 Å². The number of carbonyl (C=O) groups excluding carboxylic acids is 1. The first-order chi connectivity index (χ1) is 12.6. The van der Waals surface area contributed by atoms with Crippen LogP contribution < -0.4 is 15.4 Å². The Balaban J connectivity index is 1.77. The number of benzene rings is 2. The standard InChI is InChI=1S/C19H21N3O4/c1-20-18-10-9-14(22(24)25)12-17(18)19(23)21-13-5-4-8-16(11-13)26-15-6-2-3-7-15/h4-5,8-12,15,20H,2-3,6-7H2,1H3,(H,21,23). The van der Waals surface area contributed by atoms with Gasteiger partial charge in [-0.1, -0.05) is 6.07 Å². The number of nitro benzene ring substituents is 1. The van der Waals surface area contributed by atoms with E-state index in [1.807, 2.05) is 12.1 Å². The summed E-state index contributed by atoms with van der Waals surface area (Å²) in [6.45, 7) is 0. The number of carbonyl (C=O) groups is 1. The van der Waals surface area contributed by atoms with Crippen LogP contribution in [0.1, 0.15) is 36.0 Å². The summed E-state index contributed by atoms with van der Waals surface area (Å²) < 4.78 is 5.95. The molecule has 0 saturated heterocycles. The van der Waals surface area contributed by atoms with Crippen molar-refractivity contribution in [2.24, 2.45) is 0 Å². The van der Waals surface area contributed by atoms with Crippen LogP contribution in [0.25, 0.3) is 0 Å². The number of nitrogens with zero attached hydrogens (tertiary/aromatic N) is 1. The van der Waals surface area contributed by atoms with Crippen molar-refractivity contribution < 1.29 is 14.5 Å². The predicted molar refractivity (Wildman–Crippen MR) is 99.9 cm³/mol. The van der Waals surface area contributed by atoms with E-state index in [-0.39, 0.29) is 17.4 Å². The first kappa shape index (κ1) is 17.7. The molecule has 7 nitrogen and oxygen atoms in total. The van der Waals surface area contributed by atoms with E-state index >= 15 is 0 Å². The lowest BCUT2D eigenvalue weighted by atomic mass is 10.1. The van der Waals surface area contributed by atoms with Crippen molar-refractivity contribution in [2.75, 3.05) is 17.7 Å². The second-order valence-electron chi connectivity index (χ2n) is 6.24. The highest BCUT2D eigenvalue weighted by Gasteiger charge is 2.18. The maximum absolute atomic E-state index is 12.6. The van der Waals surface area contributed by atoms with Gasteiger partial charge >= 0.3 is 0 Å². The highest BCUT2D eigenvalue weighted by atomic mass is 16.6. The maximum atomic E-state index is 12.6. The Morgan fingerprint density at radius 1 is 1.19 bits per heavy atom. The normalized spacial score (nSPS) is 14.0. The van der Waals surface area contributed by atoms with Gasteiger partial charge in [0.25, 0.3) is 11.6 Å². The smallest absolute Gasteiger partial charge is 0.270 e. The largest absolute Gasteiger partial charge is 0.490 e. The first-order valence-electron chi connectivity index (χ1n) is 8.61. The molecule has 0 radical (unpaired) electrons. The molecule has 3 rings (SSSR count). The third kappa shape index (κ3) is 4.11. The van der Waals surface area contributed by atoms with Crippen LogP contribution >= 0.6 is 0 Å². The van der Waals surface area contributed by atoms with E-state index in [4.69, 9.17) is 4.74 Å². The molecule has 0 unspecified atom stereocenters. The summed E-state index contributed by atoms with van der Waals surface area (Å²) in [7, 11) is 1.66. The lowest BCUT2D eigenvalue weighted by Gasteiger charge is -2.14. The van der Waals surface area contributed by atoms with Gasteiger partial charge in [0, 0.05) is 36.6 Å². The zero-order valence-corrected chi connectivity index (χ0v) is 14.5. The highest BCUT2D eigenvalue weighted by Crippen LogP contribution is 2.27. The van der Waals surface area contributed by atoms with Gasteiger partial charge in [-0.2, -0.15) is 0 Å². The topological polar surface area (TPSA) is 93.5 Å². The molecule has 1 aliphatic rings. The number of anilines is 2. The van der Waals surface area contributed by atoms with Crippen molar-refractivity contribution in [1.82, 2.24) is 0 Å². The second-order valence-corrected chi connectivity index (χ2v) is 6.24. The summed E-state index contributed by atoms with van der Waals surface area (Å²) in [5, 5.41) is 16.6. The van der Waals surface area contributed by atoms with E-state index in [1.54, 1.807) is 19.2 Å². The van der Waals surface area contributed by atoms with E-state index in [2.05, 4.69) is 10.6 Å². The zero-order chi connectivity index (χ0) is 18.5. The Morgan fingerprint density at radius 2 is 1.96 bits per heavy atom. The first-order valence-corrected chi connectivity index (χ1v) is 8.61. The fourth-order valence-corrected chi connectivity index (χ4v) is 3.10. The summed E-state index contributed by atoms with van der Waals surface area (Å²) in [5.41, 5.74) is 1.18. The van der Waals surface area contributed by atoms with Crippen LogP contribution in [0.15, 0.2) is 42.5 Å². The number of rotatable bonds is 6. The molecule has 26 heavy (non-hydrogen) atoms. The van der Waals surface area contributed by atoms with Gasteiger partial charge in [-0.05, 0) is 43.9 Å². The van der Waals surface area contributed by atoms with Crippen molar-refractivity contribution in [1.29, 1.82) is 0 Å². The zero-order valence-electron chi connectivity index (χ0n) is 14.5. The number of nitrogens with one attached hydrogen (secondary N) is 2. The predicted octanol–water partition coefficient (Wildman–Crippen LogP) is 4.21. The number of non-ortho nitro benzene ring substituents is 1.